The van der Waals surface area contributed by atoms with E-state index in [2.05, 4.69) is 21.4 Å². The number of likely N-dealkylation sites (N-methyl/N-ethyl adjacent to an activating group) is 2. The molecule has 2 fully saturated rings. The monoisotopic (exact) mass is 715 g/mol. The smallest absolute Gasteiger partial charge is 0.417 e. The second-order valence-electron chi connectivity index (χ2n) is 12.4. The number of ether oxygens (including phenoxy) is 2. The zero-order valence-corrected chi connectivity index (χ0v) is 28.3. The van der Waals surface area contributed by atoms with Gasteiger partial charge in [-0.05, 0) is 56.6 Å². The van der Waals surface area contributed by atoms with Gasteiger partial charge in [0.25, 0.3) is 0 Å². The van der Waals surface area contributed by atoms with Crippen molar-refractivity contribution in [3.63, 3.8) is 0 Å². The highest BCUT2D eigenvalue weighted by Crippen LogP contribution is 2.48. The first-order chi connectivity index (χ1) is 23.8. The molecule has 1 amide bonds. The Morgan fingerprint density at radius 3 is 2.64 bits per heavy atom. The number of hydrogen-bond acceptors (Lipinski definition) is 10. The molecule has 2 aromatic heterocycles. The molecule has 0 aliphatic carbocycles. The van der Waals surface area contributed by atoms with Crippen LogP contribution in [-0.4, -0.2) is 91.3 Å². The molecule has 0 bridgehead atoms. The molecule has 6 rings (SSSR count). The van der Waals surface area contributed by atoms with E-state index in [0.29, 0.717) is 24.3 Å². The number of benzene rings is 2. The lowest BCUT2D eigenvalue weighted by molar-refractivity contribution is -0.137. The van der Waals surface area contributed by atoms with Crippen molar-refractivity contribution >= 4 is 49.1 Å². The highest BCUT2D eigenvalue weighted by atomic mass is 32.1. The Kier molecular flexibility index (Phi) is 9.59. The average molecular weight is 716 g/mol. The van der Waals surface area contributed by atoms with Gasteiger partial charge in [-0.25, -0.2) is 8.78 Å². The van der Waals surface area contributed by atoms with Crippen molar-refractivity contribution in [3.05, 3.63) is 53.6 Å². The summed E-state index contributed by atoms with van der Waals surface area (Å²) in [4.78, 5) is 26.8. The summed E-state index contributed by atoms with van der Waals surface area (Å²) in [6, 6.07) is 3.22. The van der Waals surface area contributed by atoms with Crippen LogP contribution in [0.4, 0.5) is 32.8 Å². The molecule has 0 saturated carbocycles. The number of hydrogen-bond donors (Lipinski definition) is 1. The lowest BCUT2D eigenvalue weighted by Crippen LogP contribution is -2.48. The molecule has 50 heavy (non-hydrogen) atoms. The lowest BCUT2D eigenvalue weighted by Gasteiger charge is -2.34. The van der Waals surface area contributed by atoms with Crippen molar-refractivity contribution < 1.29 is 36.2 Å². The number of nitrogens with zero attached hydrogens (tertiary/aromatic N) is 6. The van der Waals surface area contributed by atoms with Crippen LogP contribution in [0.3, 0.4) is 0 Å². The molecule has 2 N–H and O–H groups in total. The number of methoxy groups -OCH3 is 1. The maximum atomic E-state index is 17.1. The predicted molar refractivity (Wildman–Crippen MR) is 180 cm³/mol. The van der Waals surface area contributed by atoms with Gasteiger partial charge in [0, 0.05) is 43.1 Å². The Morgan fingerprint density at radius 1 is 1.24 bits per heavy atom. The Labute approximate surface area is 288 Å². The first-order valence-electron chi connectivity index (χ1n) is 15.8. The highest BCUT2D eigenvalue weighted by Gasteiger charge is 2.42. The summed E-state index contributed by atoms with van der Waals surface area (Å²) < 4.78 is 88.3. The van der Waals surface area contributed by atoms with Crippen molar-refractivity contribution in [2.75, 3.05) is 58.1 Å². The number of amides is 1. The Hall–Kier alpha value is -4.59. The standard InChI is InChI=1S/C34H34F5N7O3S/c1-5-25(47)46-12-10-23(24(46)16-48-4)45(3)32-19-13-21(34(37,38)39)27(18-8-9-22(35)30-26(18)20(14-40)31(41)50-30)28(36)29(19)42-33(43-32)49-15-17-7-6-11-44(17)2/h5,8-9,13,17,23-24H,1,6-7,10-12,15-16,41H2,2-4H3/t17-,23?,24?/m0/s1. The number of nitrogen functional groups attached to an aromatic ring is 1. The van der Waals surface area contributed by atoms with Crippen molar-refractivity contribution in [2.45, 2.75) is 43.6 Å². The summed E-state index contributed by atoms with van der Waals surface area (Å²) in [6.45, 7) is 4.99. The summed E-state index contributed by atoms with van der Waals surface area (Å²) in [7, 11) is 5.01. The van der Waals surface area contributed by atoms with Crippen molar-refractivity contribution in [3.8, 4) is 23.2 Å². The molecule has 264 valence electrons. The number of rotatable bonds is 9. The number of nitriles is 1. The quantitative estimate of drug-likeness (QED) is 0.165. The van der Waals surface area contributed by atoms with Gasteiger partial charge in [0.1, 0.15) is 34.8 Å². The number of carbonyl (C=O) groups is 1. The van der Waals surface area contributed by atoms with Crippen molar-refractivity contribution in [1.29, 1.82) is 5.26 Å². The summed E-state index contributed by atoms with van der Waals surface area (Å²) in [5.74, 6) is -2.57. The molecule has 2 aliphatic rings. The Balaban J connectivity index is 1.60. The molecule has 0 radical (unpaired) electrons. The van der Waals surface area contributed by atoms with Gasteiger partial charge in [-0.1, -0.05) is 12.6 Å². The van der Waals surface area contributed by atoms with E-state index in [1.807, 2.05) is 13.1 Å². The van der Waals surface area contributed by atoms with E-state index in [0.717, 1.165) is 37.6 Å². The maximum absolute atomic E-state index is 17.1. The van der Waals surface area contributed by atoms with E-state index in [-0.39, 0.29) is 68.6 Å². The summed E-state index contributed by atoms with van der Waals surface area (Å²) in [5.41, 5.74) is 2.56. The number of carbonyl (C=O) groups excluding carboxylic acids is 1. The van der Waals surface area contributed by atoms with Crippen LogP contribution in [0.5, 0.6) is 6.01 Å². The second kappa shape index (κ2) is 13.6. The Bertz CT molecular complexity index is 2030. The van der Waals surface area contributed by atoms with Gasteiger partial charge in [-0.3, -0.25) is 4.79 Å². The van der Waals surface area contributed by atoms with Gasteiger partial charge in [-0.2, -0.15) is 28.4 Å². The van der Waals surface area contributed by atoms with Gasteiger partial charge in [-0.15, -0.1) is 11.3 Å². The zero-order chi connectivity index (χ0) is 36.1. The maximum Gasteiger partial charge on any atom is 0.417 e. The molecule has 3 atom stereocenters. The minimum atomic E-state index is -5.11. The van der Waals surface area contributed by atoms with Crippen LogP contribution in [0.25, 0.3) is 32.1 Å². The number of aromatic nitrogens is 2. The average Bonchev–Trinajstić information content (AvgIpc) is 3.79. The molecular weight excluding hydrogens is 681 g/mol. The third kappa shape index (κ3) is 6.07. The minimum absolute atomic E-state index is 0.0174. The predicted octanol–water partition coefficient (Wildman–Crippen LogP) is 5.97. The molecule has 2 saturated heterocycles. The van der Waals surface area contributed by atoms with E-state index < -0.39 is 46.5 Å². The minimum Gasteiger partial charge on any atom is -0.462 e. The normalized spacial score (nSPS) is 19.7. The fraction of sp³-hybridized carbons (Fsp3) is 0.412. The zero-order valence-electron chi connectivity index (χ0n) is 27.5. The van der Waals surface area contributed by atoms with Crippen LogP contribution in [0.2, 0.25) is 0 Å². The first-order valence-corrected chi connectivity index (χ1v) is 16.6. The number of likely N-dealkylation sites (tertiary alicyclic amines) is 2. The van der Waals surface area contributed by atoms with Crippen molar-refractivity contribution in [2.24, 2.45) is 0 Å². The molecule has 16 heteroatoms. The molecule has 10 nitrogen and oxygen atoms in total. The van der Waals surface area contributed by atoms with Crippen LogP contribution in [-0.2, 0) is 15.7 Å². The van der Waals surface area contributed by atoms with E-state index >= 15 is 17.6 Å². The highest BCUT2D eigenvalue weighted by molar-refractivity contribution is 7.23. The molecule has 4 heterocycles. The number of anilines is 2. The topological polar surface area (TPSA) is 121 Å². The van der Waals surface area contributed by atoms with Gasteiger partial charge < -0.3 is 29.9 Å². The molecule has 2 aliphatic heterocycles. The lowest BCUT2D eigenvalue weighted by atomic mass is 9.92. The number of halogens is 5. The largest absolute Gasteiger partial charge is 0.462 e. The summed E-state index contributed by atoms with van der Waals surface area (Å²) in [6.07, 6.45) is -1.76. The van der Waals surface area contributed by atoms with E-state index in [9.17, 15) is 14.4 Å². The third-order valence-corrected chi connectivity index (χ3v) is 10.6. The first kappa shape index (κ1) is 35.2. The molecule has 4 aromatic rings. The molecule has 2 unspecified atom stereocenters. The van der Waals surface area contributed by atoms with E-state index in [4.69, 9.17) is 15.2 Å². The fourth-order valence-corrected chi connectivity index (χ4v) is 8.04. The van der Waals surface area contributed by atoms with Gasteiger partial charge in [0.2, 0.25) is 5.91 Å². The fourth-order valence-electron chi connectivity index (χ4n) is 7.09. The number of thiophene rings is 1. The van der Waals surface area contributed by atoms with Crippen LogP contribution in [0.15, 0.2) is 30.9 Å². The number of nitrogens with two attached hydrogens (primary N) is 1. The van der Waals surface area contributed by atoms with Gasteiger partial charge in [0.15, 0.2) is 5.82 Å². The number of fused-ring (bicyclic) bond motifs is 2. The summed E-state index contributed by atoms with van der Waals surface area (Å²) in [5, 5.41) is 9.21. The Morgan fingerprint density at radius 2 is 2.00 bits per heavy atom. The van der Waals surface area contributed by atoms with Gasteiger partial charge >= 0.3 is 12.2 Å². The van der Waals surface area contributed by atoms with Crippen molar-refractivity contribution in [1.82, 2.24) is 19.8 Å². The van der Waals surface area contributed by atoms with Gasteiger partial charge in [0.05, 0.1) is 34.5 Å². The van der Waals surface area contributed by atoms with E-state index in [1.165, 1.54) is 13.2 Å². The SMILES string of the molecule is C=CC(=O)N1CCC(N(C)c2nc(OC[C@@H]3CCCN3C)nc3c(F)c(-c4ccc(F)c5sc(N)c(C#N)c45)c(C(F)(F)F)cc23)C1COC. The third-order valence-electron chi connectivity index (χ3n) is 9.61. The van der Waals surface area contributed by atoms with Crippen LogP contribution in [0, 0.1) is 23.0 Å². The molecule has 0 spiro atoms. The molecular formula is C34H34F5N7O3S. The summed E-state index contributed by atoms with van der Waals surface area (Å²) >= 11 is 0.687. The van der Waals surface area contributed by atoms with Crippen LogP contribution >= 0.6 is 11.3 Å². The second-order valence-corrected chi connectivity index (χ2v) is 13.5. The van der Waals surface area contributed by atoms with Crippen LogP contribution in [0.1, 0.15) is 30.4 Å². The van der Waals surface area contributed by atoms with Crippen LogP contribution < -0.4 is 15.4 Å². The number of alkyl halides is 3. The molecule has 2 aromatic carbocycles. The van der Waals surface area contributed by atoms with E-state index in [1.54, 1.807) is 16.8 Å².